The fourth-order valence-electron chi connectivity index (χ4n) is 4.62. The summed E-state index contributed by atoms with van der Waals surface area (Å²) in [5.74, 6) is 0. The van der Waals surface area contributed by atoms with Crippen LogP contribution in [-0.4, -0.2) is 11.6 Å². The van der Waals surface area contributed by atoms with Crippen molar-refractivity contribution in [1.29, 1.82) is 0 Å². The van der Waals surface area contributed by atoms with Crippen LogP contribution in [0.5, 0.6) is 0 Å². The molecule has 0 bridgehead atoms. The lowest BCUT2D eigenvalue weighted by molar-refractivity contribution is 1.17. The third-order valence-corrected chi connectivity index (χ3v) is 6.20. The van der Waals surface area contributed by atoms with E-state index in [-0.39, 0.29) is 0 Å². The SMILES string of the molecule is CN(c1ccccc1)c1ccc(-n2c3ccccc3c3ccc4ccccc4c32)cc1. The zero-order valence-electron chi connectivity index (χ0n) is 17.4. The van der Waals surface area contributed by atoms with E-state index < -0.39 is 0 Å². The Kier molecular flexibility index (Phi) is 4.03. The van der Waals surface area contributed by atoms with Gasteiger partial charge in [0.15, 0.2) is 0 Å². The first-order chi connectivity index (χ1) is 15.3. The number of hydrogen-bond acceptors (Lipinski definition) is 1. The molecule has 0 N–H and O–H groups in total. The predicted octanol–water partition coefficient (Wildman–Crippen LogP) is 7.70. The van der Waals surface area contributed by atoms with Crippen molar-refractivity contribution in [3.8, 4) is 5.69 Å². The van der Waals surface area contributed by atoms with Crippen molar-refractivity contribution in [2.24, 2.45) is 0 Å². The summed E-state index contributed by atoms with van der Waals surface area (Å²) in [7, 11) is 2.11. The molecule has 0 amide bonds. The monoisotopic (exact) mass is 398 g/mol. The van der Waals surface area contributed by atoms with Crippen LogP contribution in [0.4, 0.5) is 11.4 Å². The lowest BCUT2D eigenvalue weighted by Crippen LogP contribution is -2.09. The van der Waals surface area contributed by atoms with E-state index in [4.69, 9.17) is 0 Å². The van der Waals surface area contributed by atoms with Crippen LogP contribution in [0.25, 0.3) is 38.3 Å². The summed E-state index contributed by atoms with van der Waals surface area (Å²) < 4.78 is 2.40. The minimum absolute atomic E-state index is 1.17. The summed E-state index contributed by atoms with van der Waals surface area (Å²) in [5.41, 5.74) is 6.02. The molecule has 6 aromatic rings. The molecule has 0 spiro atoms. The molecule has 1 heterocycles. The summed E-state index contributed by atoms with van der Waals surface area (Å²) in [6.07, 6.45) is 0. The topological polar surface area (TPSA) is 8.17 Å². The van der Waals surface area contributed by atoms with E-state index in [1.165, 1.54) is 49.6 Å². The van der Waals surface area contributed by atoms with Gasteiger partial charge in [-0.2, -0.15) is 0 Å². The second kappa shape index (κ2) is 7.03. The van der Waals surface area contributed by atoms with Crippen LogP contribution in [0.15, 0.2) is 115 Å². The highest BCUT2D eigenvalue weighted by atomic mass is 15.1. The molecule has 0 aliphatic carbocycles. The van der Waals surface area contributed by atoms with E-state index in [9.17, 15) is 0 Å². The van der Waals surface area contributed by atoms with E-state index in [2.05, 4.69) is 126 Å². The van der Waals surface area contributed by atoms with Gasteiger partial charge in [-0.15, -0.1) is 0 Å². The number of anilines is 2. The Labute approximate surface area is 181 Å². The summed E-state index contributed by atoms with van der Waals surface area (Å²) in [6.45, 7) is 0. The highest BCUT2D eigenvalue weighted by Gasteiger charge is 2.14. The van der Waals surface area contributed by atoms with Crippen LogP contribution < -0.4 is 4.90 Å². The van der Waals surface area contributed by atoms with Crippen molar-refractivity contribution in [3.63, 3.8) is 0 Å². The van der Waals surface area contributed by atoms with Crippen LogP contribution >= 0.6 is 0 Å². The van der Waals surface area contributed by atoms with Gasteiger partial charge in [-0.1, -0.05) is 72.8 Å². The molecule has 0 saturated heterocycles. The van der Waals surface area contributed by atoms with Gasteiger partial charge in [-0.3, -0.25) is 0 Å². The van der Waals surface area contributed by atoms with Gasteiger partial charge in [-0.25, -0.2) is 0 Å². The van der Waals surface area contributed by atoms with Gasteiger partial charge in [0, 0.05) is 40.3 Å². The molecule has 5 aromatic carbocycles. The molecular formula is C29H22N2. The second-order valence-electron chi connectivity index (χ2n) is 7.95. The van der Waals surface area contributed by atoms with Crippen molar-refractivity contribution >= 4 is 44.0 Å². The number of nitrogens with zero attached hydrogens (tertiary/aromatic N) is 2. The maximum absolute atomic E-state index is 2.40. The molecular weight excluding hydrogens is 376 g/mol. The Hall–Kier alpha value is -4.04. The molecule has 0 saturated carbocycles. The van der Waals surface area contributed by atoms with Crippen molar-refractivity contribution < 1.29 is 0 Å². The summed E-state index contributed by atoms with van der Waals surface area (Å²) in [6, 6.07) is 41.1. The Bertz CT molecular complexity index is 1530. The molecule has 1 aromatic heterocycles. The lowest BCUT2D eigenvalue weighted by Gasteiger charge is -2.20. The fourth-order valence-corrected chi connectivity index (χ4v) is 4.62. The Morgan fingerprint density at radius 2 is 1.16 bits per heavy atom. The first kappa shape index (κ1) is 17.8. The average Bonchev–Trinajstić information content (AvgIpc) is 3.19. The number of aromatic nitrogens is 1. The predicted molar refractivity (Wildman–Crippen MR) is 133 cm³/mol. The standard InChI is InChI=1S/C29H22N2/c1-30(22-10-3-2-4-11-22)23-16-18-24(19-17-23)31-28-14-8-7-13-26(28)27-20-15-21-9-5-6-12-25(21)29(27)31/h2-20H,1H3. The fraction of sp³-hybridized carbons (Fsp3) is 0.0345. The summed E-state index contributed by atoms with van der Waals surface area (Å²) >= 11 is 0. The molecule has 2 heteroatoms. The summed E-state index contributed by atoms with van der Waals surface area (Å²) in [4.78, 5) is 2.21. The van der Waals surface area contributed by atoms with Crippen molar-refractivity contribution in [2.75, 3.05) is 11.9 Å². The van der Waals surface area contributed by atoms with Gasteiger partial charge in [-0.05, 0) is 47.9 Å². The number of rotatable bonds is 3. The normalized spacial score (nSPS) is 11.4. The Morgan fingerprint density at radius 1 is 0.516 bits per heavy atom. The first-order valence-electron chi connectivity index (χ1n) is 10.6. The highest BCUT2D eigenvalue weighted by molar-refractivity contribution is 6.18. The maximum atomic E-state index is 2.40. The molecule has 2 nitrogen and oxygen atoms in total. The molecule has 0 aliphatic rings. The van der Waals surface area contributed by atoms with Crippen molar-refractivity contribution in [1.82, 2.24) is 4.57 Å². The van der Waals surface area contributed by atoms with Crippen molar-refractivity contribution in [2.45, 2.75) is 0 Å². The Morgan fingerprint density at radius 3 is 1.97 bits per heavy atom. The van der Waals surface area contributed by atoms with Crippen LogP contribution in [0.1, 0.15) is 0 Å². The van der Waals surface area contributed by atoms with E-state index in [1.54, 1.807) is 0 Å². The zero-order valence-corrected chi connectivity index (χ0v) is 17.4. The second-order valence-corrected chi connectivity index (χ2v) is 7.95. The summed E-state index contributed by atoms with van der Waals surface area (Å²) in [5, 5.41) is 5.12. The molecule has 0 unspecified atom stereocenters. The lowest BCUT2D eigenvalue weighted by atomic mass is 10.1. The minimum Gasteiger partial charge on any atom is -0.345 e. The number of para-hydroxylation sites is 2. The number of fused-ring (bicyclic) bond motifs is 5. The average molecular weight is 399 g/mol. The van der Waals surface area contributed by atoms with Crippen LogP contribution in [0.2, 0.25) is 0 Å². The van der Waals surface area contributed by atoms with E-state index in [0.29, 0.717) is 0 Å². The minimum atomic E-state index is 1.17. The van der Waals surface area contributed by atoms with E-state index >= 15 is 0 Å². The molecule has 31 heavy (non-hydrogen) atoms. The van der Waals surface area contributed by atoms with Crippen LogP contribution in [0, 0.1) is 0 Å². The van der Waals surface area contributed by atoms with E-state index in [0.717, 1.165) is 0 Å². The van der Waals surface area contributed by atoms with Gasteiger partial charge >= 0.3 is 0 Å². The van der Waals surface area contributed by atoms with Crippen LogP contribution in [-0.2, 0) is 0 Å². The Balaban J connectivity index is 1.58. The third kappa shape index (κ3) is 2.80. The van der Waals surface area contributed by atoms with Crippen molar-refractivity contribution in [3.05, 3.63) is 115 Å². The largest absolute Gasteiger partial charge is 0.345 e. The smallest absolute Gasteiger partial charge is 0.0619 e. The molecule has 0 aliphatic heterocycles. The maximum Gasteiger partial charge on any atom is 0.0619 e. The molecule has 0 radical (unpaired) electrons. The van der Waals surface area contributed by atoms with Gasteiger partial charge in [0.2, 0.25) is 0 Å². The molecule has 6 rings (SSSR count). The number of hydrogen-bond donors (Lipinski definition) is 0. The van der Waals surface area contributed by atoms with Gasteiger partial charge in [0.1, 0.15) is 0 Å². The van der Waals surface area contributed by atoms with Gasteiger partial charge < -0.3 is 9.47 Å². The third-order valence-electron chi connectivity index (χ3n) is 6.20. The van der Waals surface area contributed by atoms with Gasteiger partial charge in [0.25, 0.3) is 0 Å². The highest BCUT2D eigenvalue weighted by Crippen LogP contribution is 2.37. The molecule has 0 atom stereocenters. The quantitative estimate of drug-likeness (QED) is 0.296. The first-order valence-corrected chi connectivity index (χ1v) is 10.6. The molecule has 148 valence electrons. The number of benzene rings is 5. The van der Waals surface area contributed by atoms with Gasteiger partial charge in [0.05, 0.1) is 11.0 Å². The van der Waals surface area contributed by atoms with E-state index in [1.807, 2.05) is 6.07 Å². The molecule has 0 fully saturated rings. The van der Waals surface area contributed by atoms with Crippen LogP contribution in [0.3, 0.4) is 0 Å². The zero-order chi connectivity index (χ0) is 20.8.